The zero-order valence-corrected chi connectivity index (χ0v) is 11.5. The SMILES string of the molecule is COc1cnc(N2CCNCC2C(=O)N(C)C)nc1. The zero-order valence-electron chi connectivity index (χ0n) is 11.5. The lowest BCUT2D eigenvalue weighted by atomic mass is 10.2. The Bertz CT molecular complexity index is 434. The lowest BCUT2D eigenvalue weighted by Gasteiger charge is -2.36. The largest absolute Gasteiger partial charge is 0.494 e. The van der Waals surface area contributed by atoms with E-state index in [4.69, 9.17) is 4.74 Å². The molecule has 0 bridgehead atoms. The second-order valence-corrected chi connectivity index (χ2v) is 4.57. The molecule has 1 aromatic rings. The minimum absolute atomic E-state index is 0.0478. The first kappa shape index (κ1) is 13.5. The van der Waals surface area contributed by atoms with Gasteiger partial charge in [0.1, 0.15) is 6.04 Å². The molecule has 1 aliphatic rings. The summed E-state index contributed by atoms with van der Waals surface area (Å²) in [6.07, 6.45) is 3.23. The predicted octanol–water partition coefficient (Wildman–Crippen LogP) is -0.648. The van der Waals surface area contributed by atoms with Crippen molar-refractivity contribution in [3.63, 3.8) is 0 Å². The summed E-state index contributed by atoms with van der Waals surface area (Å²) in [6, 6.07) is -0.267. The molecule has 0 aromatic carbocycles. The van der Waals surface area contributed by atoms with Crippen molar-refractivity contribution >= 4 is 11.9 Å². The lowest BCUT2D eigenvalue weighted by molar-refractivity contribution is -0.130. The third-order valence-electron chi connectivity index (χ3n) is 3.08. The molecule has 1 fully saturated rings. The highest BCUT2D eigenvalue weighted by Crippen LogP contribution is 2.16. The molecule has 0 spiro atoms. The number of amides is 1. The van der Waals surface area contributed by atoms with Crippen molar-refractivity contribution in [3.05, 3.63) is 12.4 Å². The molecule has 0 radical (unpaired) electrons. The third-order valence-corrected chi connectivity index (χ3v) is 3.08. The van der Waals surface area contributed by atoms with Crippen molar-refractivity contribution in [1.29, 1.82) is 0 Å². The van der Waals surface area contributed by atoms with Crippen molar-refractivity contribution in [2.24, 2.45) is 0 Å². The van der Waals surface area contributed by atoms with E-state index < -0.39 is 0 Å². The van der Waals surface area contributed by atoms with E-state index in [0.29, 0.717) is 24.8 Å². The van der Waals surface area contributed by atoms with Crippen LogP contribution in [0.25, 0.3) is 0 Å². The number of methoxy groups -OCH3 is 1. The van der Waals surface area contributed by atoms with E-state index in [1.807, 2.05) is 4.90 Å². The first-order chi connectivity index (χ1) is 9.13. The molecule has 0 aliphatic carbocycles. The highest BCUT2D eigenvalue weighted by molar-refractivity contribution is 5.85. The van der Waals surface area contributed by atoms with Crippen LogP contribution in [0.2, 0.25) is 0 Å². The number of hydrogen-bond acceptors (Lipinski definition) is 6. The standard InChI is InChI=1S/C12H19N5O2/c1-16(2)11(18)10-8-13-4-5-17(10)12-14-6-9(19-3)7-15-12/h6-7,10,13H,4-5,8H2,1-3H3. The maximum absolute atomic E-state index is 12.2. The van der Waals surface area contributed by atoms with Crippen molar-refractivity contribution in [2.75, 3.05) is 45.7 Å². The van der Waals surface area contributed by atoms with Crippen molar-refractivity contribution in [2.45, 2.75) is 6.04 Å². The van der Waals surface area contributed by atoms with E-state index >= 15 is 0 Å². The summed E-state index contributed by atoms with van der Waals surface area (Å²) in [6.45, 7) is 2.12. The fraction of sp³-hybridized carbons (Fsp3) is 0.583. The monoisotopic (exact) mass is 265 g/mol. The van der Waals surface area contributed by atoms with Gasteiger partial charge in [-0.2, -0.15) is 0 Å². The van der Waals surface area contributed by atoms with Crippen molar-refractivity contribution < 1.29 is 9.53 Å². The number of carbonyl (C=O) groups excluding carboxylic acids is 1. The maximum atomic E-state index is 12.2. The summed E-state index contributed by atoms with van der Waals surface area (Å²) >= 11 is 0. The maximum Gasteiger partial charge on any atom is 0.246 e. The van der Waals surface area contributed by atoms with Gasteiger partial charge in [-0.1, -0.05) is 0 Å². The molecular formula is C12H19N5O2. The van der Waals surface area contributed by atoms with Gasteiger partial charge in [0.15, 0.2) is 5.75 Å². The fourth-order valence-electron chi connectivity index (χ4n) is 2.03. The number of likely N-dealkylation sites (N-methyl/N-ethyl adjacent to an activating group) is 1. The number of ether oxygens (including phenoxy) is 1. The van der Waals surface area contributed by atoms with Gasteiger partial charge in [0, 0.05) is 33.7 Å². The Morgan fingerprint density at radius 3 is 2.74 bits per heavy atom. The van der Waals surface area contributed by atoms with Gasteiger partial charge in [-0.15, -0.1) is 0 Å². The van der Waals surface area contributed by atoms with E-state index in [9.17, 15) is 4.79 Å². The number of carbonyl (C=O) groups is 1. The van der Waals surface area contributed by atoms with Crippen LogP contribution in [0.15, 0.2) is 12.4 Å². The highest BCUT2D eigenvalue weighted by Gasteiger charge is 2.31. The Morgan fingerprint density at radius 2 is 2.16 bits per heavy atom. The number of rotatable bonds is 3. The fourth-order valence-corrected chi connectivity index (χ4v) is 2.03. The average molecular weight is 265 g/mol. The van der Waals surface area contributed by atoms with Gasteiger partial charge in [0.05, 0.1) is 19.5 Å². The summed E-state index contributed by atoms with van der Waals surface area (Å²) < 4.78 is 5.04. The topological polar surface area (TPSA) is 70.6 Å². The molecule has 2 rings (SSSR count). The molecule has 1 atom stereocenters. The van der Waals surface area contributed by atoms with Crippen LogP contribution < -0.4 is 15.0 Å². The Hall–Kier alpha value is -1.89. The van der Waals surface area contributed by atoms with Crippen LogP contribution in [0.4, 0.5) is 5.95 Å². The summed E-state index contributed by atoms with van der Waals surface area (Å²) in [5.41, 5.74) is 0. The highest BCUT2D eigenvalue weighted by atomic mass is 16.5. The molecule has 2 heterocycles. The summed E-state index contributed by atoms with van der Waals surface area (Å²) in [4.78, 5) is 24.2. The van der Waals surface area contributed by atoms with Crippen LogP contribution in [0, 0.1) is 0 Å². The smallest absolute Gasteiger partial charge is 0.246 e. The molecule has 0 saturated carbocycles. The van der Waals surface area contributed by atoms with E-state index in [1.54, 1.807) is 38.5 Å². The van der Waals surface area contributed by atoms with Crippen LogP contribution in [0.3, 0.4) is 0 Å². The van der Waals surface area contributed by atoms with Gasteiger partial charge in [0.25, 0.3) is 0 Å². The molecule has 7 heteroatoms. The number of hydrogen-bond donors (Lipinski definition) is 1. The normalized spacial score (nSPS) is 19.1. The Morgan fingerprint density at radius 1 is 1.47 bits per heavy atom. The molecule has 1 aliphatic heterocycles. The van der Waals surface area contributed by atoms with Crippen LogP contribution in [0.1, 0.15) is 0 Å². The average Bonchev–Trinajstić information content (AvgIpc) is 2.46. The second kappa shape index (κ2) is 5.83. The van der Waals surface area contributed by atoms with Crippen molar-refractivity contribution in [1.82, 2.24) is 20.2 Å². The van der Waals surface area contributed by atoms with Crippen molar-refractivity contribution in [3.8, 4) is 5.75 Å². The van der Waals surface area contributed by atoms with Gasteiger partial charge in [0.2, 0.25) is 11.9 Å². The molecule has 104 valence electrons. The summed E-state index contributed by atoms with van der Waals surface area (Å²) in [5.74, 6) is 1.21. The van der Waals surface area contributed by atoms with Gasteiger partial charge in [-0.3, -0.25) is 4.79 Å². The molecule has 19 heavy (non-hydrogen) atoms. The van der Waals surface area contributed by atoms with Crippen LogP contribution >= 0.6 is 0 Å². The predicted molar refractivity (Wildman–Crippen MR) is 71.3 cm³/mol. The molecular weight excluding hydrogens is 246 g/mol. The quantitative estimate of drug-likeness (QED) is 0.783. The Kier molecular flexibility index (Phi) is 4.16. The summed E-state index contributed by atoms with van der Waals surface area (Å²) in [5, 5.41) is 3.22. The Balaban J connectivity index is 2.20. The van der Waals surface area contributed by atoms with E-state index in [1.165, 1.54) is 0 Å². The summed E-state index contributed by atoms with van der Waals surface area (Å²) in [7, 11) is 5.08. The van der Waals surface area contributed by atoms with E-state index in [-0.39, 0.29) is 11.9 Å². The number of anilines is 1. The number of nitrogens with zero attached hydrogens (tertiary/aromatic N) is 4. The van der Waals surface area contributed by atoms with Gasteiger partial charge in [-0.25, -0.2) is 9.97 Å². The molecule has 1 aromatic heterocycles. The third kappa shape index (κ3) is 2.93. The van der Waals surface area contributed by atoms with E-state index in [0.717, 1.165) is 6.54 Å². The van der Waals surface area contributed by atoms with Crippen LogP contribution in [-0.4, -0.2) is 67.7 Å². The number of aromatic nitrogens is 2. The Labute approximate surface area is 112 Å². The van der Waals surface area contributed by atoms with Gasteiger partial charge < -0.3 is 19.9 Å². The van der Waals surface area contributed by atoms with Gasteiger partial charge in [-0.05, 0) is 0 Å². The molecule has 1 N–H and O–H groups in total. The first-order valence-corrected chi connectivity index (χ1v) is 6.18. The molecule has 1 amide bonds. The molecule has 1 saturated heterocycles. The minimum Gasteiger partial charge on any atom is -0.494 e. The number of piperazine rings is 1. The lowest BCUT2D eigenvalue weighted by Crippen LogP contribution is -2.58. The number of nitrogens with one attached hydrogen (secondary N) is 1. The second-order valence-electron chi connectivity index (χ2n) is 4.57. The first-order valence-electron chi connectivity index (χ1n) is 6.18. The zero-order chi connectivity index (χ0) is 13.8. The van der Waals surface area contributed by atoms with Crippen LogP contribution in [0.5, 0.6) is 5.75 Å². The molecule has 1 unspecified atom stereocenters. The minimum atomic E-state index is -0.267. The molecule has 7 nitrogen and oxygen atoms in total. The van der Waals surface area contributed by atoms with Gasteiger partial charge >= 0.3 is 0 Å². The van der Waals surface area contributed by atoms with Crippen LogP contribution in [-0.2, 0) is 4.79 Å². The van der Waals surface area contributed by atoms with E-state index in [2.05, 4.69) is 15.3 Å².